The van der Waals surface area contributed by atoms with E-state index in [4.69, 9.17) is 4.74 Å². The minimum Gasteiger partial charge on any atom is -0.390 e. The van der Waals surface area contributed by atoms with Crippen molar-refractivity contribution in [3.8, 4) is 0 Å². The molecule has 2 unspecified atom stereocenters. The van der Waals surface area contributed by atoms with Crippen LogP contribution in [0.25, 0.3) is 0 Å². The Kier molecular flexibility index (Phi) is 1.78. The van der Waals surface area contributed by atoms with E-state index in [1.54, 1.807) is 0 Å². The van der Waals surface area contributed by atoms with Crippen LogP contribution >= 0.6 is 0 Å². The van der Waals surface area contributed by atoms with E-state index in [1.807, 2.05) is 13.8 Å². The minimum atomic E-state index is -0.475. The molecule has 0 spiro atoms. The molecule has 9 heavy (non-hydrogen) atoms. The van der Waals surface area contributed by atoms with Gasteiger partial charge in [0.1, 0.15) is 0 Å². The lowest BCUT2D eigenvalue weighted by atomic mass is 9.93. The lowest BCUT2D eigenvalue weighted by molar-refractivity contribution is -0.0865. The van der Waals surface area contributed by atoms with Gasteiger partial charge < -0.3 is 9.84 Å². The van der Waals surface area contributed by atoms with E-state index in [9.17, 15) is 5.11 Å². The molecule has 1 rings (SSSR count). The summed E-state index contributed by atoms with van der Waals surface area (Å²) in [6.45, 7) is 4.56. The first kappa shape index (κ1) is 7.03. The number of rotatable bonds is 0. The Bertz CT molecular complexity index is 99.1. The minimum absolute atomic E-state index is 0.230. The van der Waals surface area contributed by atoms with Crippen LogP contribution < -0.4 is 0 Å². The standard InChI is InChI=1S/C7H14O2/c1-6-5-7(2,8)3-4-9-6/h6,8H,3-5H2,1-2H3. The molecule has 1 saturated heterocycles. The van der Waals surface area contributed by atoms with Gasteiger partial charge in [-0.2, -0.15) is 0 Å². The molecule has 0 amide bonds. The molecule has 1 heterocycles. The third kappa shape index (κ3) is 1.95. The van der Waals surface area contributed by atoms with Crippen LogP contribution in [0.5, 0.6) is 0 Å². The van der Waals surface area contributed by atoms with Crippen molar-refractivity contribution in [2.24, 2.45) is 0 Å². The van der Waals surface area contributed by atoms with Gasteiger partial charge in [-0.15, -0.1) is 0 Å². The van der Waals surface area contributed by atoms with Gasteiger partial charge >= 0.3 is 0 Å². The van der Waals surface area contributed by atoms with E-state index in [0.29, 0.717) is 6.61 Å². The Balaban J connectivity index is 2.41. The molecule has 1 aliphatic rings. The number of aliphatic hydroxyl groups is 1. The summed E-state index contributed by atoms with van der Waals surface area (Å²) in [5, 5.41) is 9.46. The van der Waals surface area contributed by atoms with Gasteiger partial charge in [0.2, 0.25) is 0 Å². The van der Waals surface area contributed by atoms with Crippen molar-refractivity contribution in [2.75, 3.05) is 6.61 Å². The maximum absolute atomic E-state index is 9.46. The molecule has 1 N–H and O–H groups in total. The zero-order chi connectivity index (χ0) is 6.91. The highest BCUT2D eigenvalue weighted by Crippen LogP contribution is 2.23. The maximum Gasteiger partial charge on any atom is 0.0666 e. The fourth-order valence-corrected chi connectivity index (χ4v) is 1.26. The molecule has 0 saturated carbocycles. The monoisotopic (exact) mass is 130 g/mol. The molecule has 0 aromatic carbocycles. The van der Waals surface area contributed by atoms with Crippen LogP contribution in [-0.2, 0) is 4.74 Å². The van der Waals surface area contributed by atoms with Crippen molar-refractivity contribution in [1.29, 1.82) is 0 Å². The van der Waals surface area contributed by atoms with Gasteiger partial charge in [0.15, 0.2) is 0 Å². The molecule has 2 nitrogen and oxygen atoms in total. The van der Waals surface area contributed by atoms with Crippen LogP contribution in [0.15, 0.2) is 0 Å². The van der Waals surface area contributed by atoms with Crippen LogP contribution in [0.3, 0.4) is 0 Å². The molecule has 0 aliphatic carbocycles. The van der Waals surface area contributed by atoms with Gasteiger partial charge in [0, 0.05) is 13.0 Å². The average Bonchev–Trinajstić information content (AvgIpc) is 1.60. The zero-order valence-corrected chi connectivity index (χ0v) is 6.05. The van der Waals surface area contributed by atoms with Gasteiger partial charge in [-0.05, 0) is 20.3 Å². The van der Waals surface area contributed by atoms with Gasteiger partial charge in [-0.1, -0.05) is 0 Å². The van der Waals surface area contributed by atoms with E-state index in [-0.39, 0.29) is 6.10 Å². The summed E-state index contributed by atoms with van der Waals surface area (Å²) in [5.41, 5.74) is -0.475. The second-order valence-electron chi connectivity index (χ2n) is 3.13. The fourth-order valence-electron chi connectivity index (χ4n) is 1.26. The predicted octanol–water partition coefficient (Wildman–Crippen LogP) is 0.936. The zero-order valence-electron chi connectivity index (χ0n) is 6.05. The van der Waals surface area contributed by atoms with Crippen molar-refractivity contribution in [3.05, 3.63) is 0 Å². The Hall–Kier alpha value is -0.0800. The Labute approximate surface area is 55.8 Å². The maximum atomic E-state index is 9.46. The molecular weight excluding hydrogens is 116 g/mol. The summed E-state index contributed by atoms with van der Waals surface area (Å²) in [6, 6.07) is 0. The average molecular weight is 130 g/mol. The third-order valence-corrected chi connectivity index (χ3v) is 1.77. The Morgan fingerprint density at radius 2 is 2.33 bits per heavy atom. The van der Waals surface area contributed by atoms with E-state index < -0.39 is 5.60 Å². The topological polar surface area (TPSA) is 29.5 Å². The van der Waals surface area contributed by atoms with Gasteiger partial charge in [-0.3, -0.25) is 0 Å². The van der Waals surface area contributed by atoms with Crippen LogP contribution in [0.1, 0.15) is 26.7 Å². The highest BCUT2D eigenvalue weighted by Gasteiger charge is 2.27. The number of hydrogen-bond acceptors (Lipinski definition) is 2. The van der Waals surface area contributed by atoms with Crippen molar-refractivity contribution >= 4 is 0 Å². The van der Waals surface area contributed by atoms with Crippen LogP contribution in [0.4, 0.5) is 0 Å². The molecule has 1 fully saturated rings. The normalized spacial score (nSPS) is 45.0. The third-order valence-electron chi connectivity index (χ3n) is 1.77. The first-order chi connectivity index (χ1) is 4.10. The summed E-state index contributed by atoms with van der Waals surface area (Å²) in [5.74, 6) is 0. The number of ether oxygens (including phenoxy) is 1. The van der Waals surface area contributed by atoms with E-state index in [1.165, 1.54) is 0 Å². The largest absolute Gasteiger partial charge is 0.390 e. The lowest BCUT2D eigenvalue weighted by Crippen LogP contribution is -2.36. The quantitative estimate of drug-likeness (QED) is 0.528. The lowest BCUT2D eigenvalue weighted by Gasteiger charge is -2.32. The van der Waals surface area contributed by atoms with Crippen LogP contribution in [0, 0.1) is 0 Å². The van der Waals surface area contributed by atoms with Gasteiger partial charge in [0.25, 0.3) is 0 Å². The summed E-state index contributed by atoms with van der Waals surface area (Å²) in [7, 11) is 0. The van der Waals surface area contributed by atoms with Crippen molar-refractivity contribution < 1.29 is 9.84 Å². The van der Waals surface area contributed by atoms with Crippen molar-refractivity contribution in [1.82, 2.24) is 0 Å². The molecule has 0 aromatic heterocycles. The molecular formula is C7H14O2. The van der Waals surface area contributed by atoms with Crippen LogP contribution in [0.2, 0.25) is 0 Å². The predicted molar refractivity (Wildman–Crippen MR) is 35.3 cm³/mol. The molecule has 2 heteroatoms. The molecule has 2 atom stereocenters. The molecule has 1 aliphatic heterocycles. The summed E-state index contributed by atoms with van der Waals surface area (Å²) in [6.07, 6.45) is 1.78. The highest BCUT2D eigenvalue weighted by atomic mass is 16.5. The molecule has 54 valence electrons. The van der Waals surface area contributed by atoms with Gasteiger partial charge in [0.05, 0.1) is 11.7 Å². The number of hydrogen-bond donors (Lipinski definition) is 1. The summed E-state index contributed by atoms with van der Waals surface area (Å²) >= 11 is 0. The smallest absolute Gasteiger partial charge is 0.0666 e. The Morgan fingerprint density at radius 1 is 1.67 bits per heavy atom. The highest BCUT2D eigenvalue weighted by molar-refractivity contribution is 4.78. The first-order valence-electron chi connectivity index (χ1n) is 3.44. The van der Waals surface area contributed by atoms with Gasteiger partial charge in [-0.25, -0.2) is 0 Å². The van der Waals surface area contributed by atoms with Crippen molar-refractivity contribution in [2.45, 2.75) is 38.4 Å². The SMILES string of the molecule is CC1CC(C)(O)CCO1. The molecule has 0 radical (unpaired) electrons. The second-order valence-corrected chi connectivity index (χ2v) is 3.13. The van der Waals surface area contributed by atoms with Crippen LogP contribution in [-0.4, -0.2) is 23.4 Å². The second kappa shape index (κ2) is 2.27. The first-order valence-corrected chi connectivity index (χ1v) is 3.44. The summed E-state index contributed by atoms with van der Waals surface area (Å²) in [4.78, 5) is 0. The molecule has 0 bridgehead atoms. The van der Waals surface area contributed by atoms with Crippen molar-refractivity contribution in [3.63, 3.8) is 0 Å². The van der Waals surface area contributed by atoms with E-state index in [2.05, 4.69) is 0 Å². The molecule has 0 aromatic rings. The van der Waals surface area contributed by atoms with E-state index in [0.717, 1.165) is 12.8 Å². The summed E-state index contributed by atoms with van der Waals surface area (Å²) < 4.78 is 5.25. The van der Waals surface area contributed by atoms with E-state index >= 15 is 0 Å². The fraction of sp³-hybridized carbons (Fsp3) is 1.00. The Morgan fingerprint density at radius 3 is 2.67 bits per heavy atom.